The molecule has 0 unspecified atom stereocenters. The molecular formula is C24H34N2O. The molecule has 0 radical (unpaired) electrons. The van der Waals surface area contributed by atoms with Gasteiger partial charge in [0.2, 0.25) is 0 Å². The molecule has 27 heavy (non-hydrogen) atoms. The SMILES string of the molecule is CCCC#Cc1ccc([C@H]2[C@H]3CN(CC4CC4)CCCCN3[C@H]2CO)cc1. The first kappa shape index (κ1) is 19.0. The van der Waals surface area contributed by atoms with Gasteiger partial charge in [-0.25, -0.2) is 0 Å². The summed E-state index contributed by atoms with van der Waals surface area (Å²) in [5.74, 6) is 7.90. The number of aliphatic hydroxyl groups excluding tert-OH is 1. The van der Waals surface area contributed by atoms with E-state index in [0.717, 1.165) is 37.4 Å². The van der Waals surface area contributed by atoms with Crippen molar-refractivity contribution in [3.63, 3.8) is 0 Å². The van der Waals surface area contributed by atoms with E-state index in [0.29, 0.717) is 12.0 Å². The standard InChI is InChI=1S/C24H34N2O/c1-2-3-4-7-19-10-12-21(13-11-19)24-22-17-25(16-20-8-9-20)14-5-6-15-26(22)23(24)18-27/h10-13,20,22-24,27H,2-3,5-6,8-9,14-18H2,1H3/t22-,23+,24+/m1/s1. The first-order valence-corrected chi connectivity index (χ1v) is 11.0. The number of nitrogens with zero attached hydrogens (tertiary/aromatic N) is 2. The maximum atomic E-state index is 10.1. The van der Waals surface area contributed by atoms with Crippen LogP contribution >= 0.6 is 0 Å². The van der Waals surface area contributed by atoms with Crippen LogP contribution in [0.5, 0.6) is 0 Å². The first-order valence-electron chi connectivity index (χ1n) is 11.0. The maximum absolute atomic E-state index is 10.1. The minimum Gasteiger partial charge on any atom is -0.395 e. The molecule has 3 nitrogen and oxygen atoms in total. The quantitative estimate of drug-likeness (QED) is 0.809. The van der Waals surface area contributed by atoms with Crippen LogP contribution < -0.4 is 0 Å². The van der Waals surface area contributed by atoms with Crippen LogP contribution in [-0.4, -0.2) is 59.8 Å². The Morgan fingerprint density at radius 2 is 1.89 bits per heavy atom. The molecule has 3 atom stereocenters. The van der Waals surface area contributed by atoms with Gasteiger partial charge in [-0.1, -0.05) is 30.9 Å². The van der Waals surface area contributed by atoms with Gasteiger partial charge in [-0.2, -0.15) is 0 Å². The molecule has 2 heterocycles. The summed E-state index contributed by atoms with van der Waals surface area (Å²) in [6.45, 7) is 7.27. The van der Waals surface area contributed by atoms with Crippen molar-refractivity contribution in [1.82, 2.24) is 9.80 Å². The average molecular weight is 367 g/mol. The highest BCUT2D eigenvalue weighted by atomic mass is 16.3. The fraction of sp³-hybridized carbons (Fsp3) is 0.667. The average Bonchev–Trinajstić information content (AvgIpc) is 3.48. The van der Waals surface area contributed by atoms with E-state index < -0.39 is 0 Å². The Labute approximate surface area is 164 Å². The number of unbranched alkanes of at least 4 members (excludes halogenated alkanes) is 1. The summed E-state index contributed by atoms with van der Waals surface area (Å²) in [7, 11) is 0. The topological polar surface area (TPSA) is 26.7 Å². The third-order valence-corrected chi connectivity index (χ3v) is 6.57. The van der Waals surface area contributed by atoms with E-state index in [2.05, 4.69) is 52.8 Å². The van der Waals surface area contributed by atoms with Crippen LogP contribution in [0.25, 0.3) is 0 Å². The third-order valence-electron chi connectivity index (χ3n) is 6.57. The number of rotatable bonds is 5. The van der Waals surface area contributed by atoms with Crippen LogP contribution in [0.15, 0.2) is 24.3 Å². The zero-order valence-corrected chi connectivity index (χ0v) is 16.7. The summed E-state index contributed by atoms with van der Waals surface area (Å²) in [5.41, 5.74) is 2.49. The highest BCUT2D eigenvalue weighted by Crippen LogP contribution is 2.42. The predicted octanol–water partition coefficient (Wildman–Crippen LogP) is 3.47. The Hall–Kier alpha value is -1.34. The molecule has 0 aromatic heterocycles. The molecular weight excluding hydrogens is 332 g/mol. The minimum absolute atomic E-state index is 0.266. The summed E-state index contributed by atoms with van der Waals surface area (Å²) in [6, 6.07) is 9.68. The lowest BCUT2D eigenvalue weighted by Gasteiger charge is -2.57. The van der Waals surface area contributed by atoms with Crippen LogP contribution in [0, 0.1) is 17.8 Å². The summed E-state index contributed by atoms with van der Waals surface area (Å²) in [4.78, 5) is 5.29. The molecule has 1 saturated carbocycles. The highest BCUT2D eigenvalue weighted by Gasteiger charge is 2.49. The molecule has 1 N–H and O–H groups in total. The Kier molecular flexibility index (Phi) is 6.18. The lowest BCUT2D eigenvalue weighted by molar-refractivity contribution is -0.0649. The molecule has 2 saturated heterocycles. The Morgan fingerprint density at radius 1 is 1.11 bits per heavy atom. The van der Waals surface area contributed by atoms with Crippen molar-refractivity contribution >= 4 is 0 Å². The minimum atomic E-state index is 0.266. The van der Waals surface area contributed by atoms with Gasteiger partial charge >= 0.3 is 0 Å². The Bertz CT molecular complexity index is 670. The van der Waals surface area contributed by atoms with Gasteiger partial charge in [0, 0.05) is 43.1 Å². The molecule has 3 fully saturated rings. The lowest BCUT2D eigenvalue weighted by atomic mass is 9.74. The smallest absolute Gasteiger partial charge is 0.0593 e. The number of benzene rings is 1. The Morgan fingerprint density at radius 3 is 2.59 bits per heavy atom. The van der Waals surface area contributed by atoms with Crippen molar-refractivity contribution in [1.29, 1.82) is 0 Å². The first-order chi connectivity index (χ1) is 13.3. The van der Waals surface area contributed by atoms with Gasteiger partial charge in [-0.05, 0) is 68.8 Å². The molecule has 0 spiro atoms. The largest absolute Gasteiger partial charge is 0.395 e. The zero-order chi connectivity index (χ0) is 18.6. The maximum Gasteiger partial charge on any atom is 0.0593 e. The fourth-order valence-electron chi connectivity index (χ4n) is 4.92. The number of fused-ring (bicyclic) bond motifs is 1. The van der Waals surface area contributed by atoms with Crippen molar-refractivity contribution in [2.75, 3.05) is 32.8 Å². The highest BCUT2D eigenvalue weighted by molar-refractivity contribution is 5.39. The van der Waals surface area contributed by atoms with Crippen LogP contribution in [0.1, 0.15) is 62.5 Å². The molecule has 4 rings (SSSR count). The van der Waals surface area contributed by atoms with E-state index in [1.807, 2.05) is 0 Å². The zero-order valence-electron chi connectivity index (χ0n) is 16.7. The third kappa shape index (κ3) is 4.40. The lowest BCUT2D eigenvalue weighted by Crippen LogP contribution is -2.67. The number of hydrogen-bond donors (Lipinski definition) is 1. The van der Waals surface area contributed by atoms with Crippen LogP contribution in [0.3, 0.4) is 0 Å². The Balaban J connectivity index is 1.48. The van der Waals surface area contributed by atoms with Crippen molar-refractivity contribution in [3.05, 3.63) is 35.4 Å². The van der Waals surface area contributed by atoms with Gasteiger partial charge in [0.25, 0.3) is 0 Å². The monoisotopic (exact) mass is 366 g/mol. The van der Waals surface area contributed by atoms with E-state index in [1.54, 1.807) is 0 Å². The molecule has 1 aliphatic carbocycles. The van der Waals surface area contributed by atoms with E-state index in [9.17, 15) is 5.11 Å². The normalized spacial score (nSPS) is 29.0. The van der Waals surface area contributed by atoms with Gasteiger partial charge in [-0.15, -0.1) is 0 Å². The fourth-order valence-corrected chi connectivity index (χ4v) is 4.92. The second-order valence-corrected chi connectivity index (χ2v) is 8.66. The summed E-state index contributed by atoms with van der Waals surface area (Å²) >= 11 is 0. The molecule has 0 amide bonds. The molecule has 3 heteroatoms. The molecule has 0 bridgehead atoms. The second-order valence-electron chi connectivity index (χ2n) is 8.66. The van der Waals surface area contributed by atoms with Gasteiger partial charge in [-0.3, -0.25) is 4.90 Å². The van der Waals surface area contributed by atoms with Gasteiger partial charge in [0.05, 0.1) is 6.61 Å². The summed E-state index contributed by atoms with van der Waals surface area (Å²) in [5, 5.41) is 10.1. The van der Waals surface area contributed by atoms with E-state index in [-0.39, 0.29) is 12.6 Å². The molecule has 146 valence electrons. The summed E-state index contributed by atoms with van der Waals surface area (Å²) < 4.78 is 0. The van der Waals surface area contributed by atoms with E-state index >= 15 is 0 Å². The molecule has 3 aliphatic rings. The number of hydrogen-bond acceptors (Lipinski definition) is 3. The van der Waals surface area contributed by atoms with Crippen molar-refractivity contribution in [2.24, 2.45) is 5.92 Å². The second kappa shape index (κ2) is 8.78. The summed E-state index contributed by atoms with van der Waals surface area (Å²) in [6.07, 6.45) is 7.48. The van der Waals surface area contributed by atoms with Gasteiger partial charge in [0.15, 0.2) is 0 Å². The molecule has 1 aromatic rings. The van der Waals surface area contributed by atoms with Gasteiger partial charge < -0.3 is 10.0 Å². The number of aliphatic hydroxyl groups is 1. The van der Waals surface area contributed by atoms with Crippen LogP contribution in [0.2, 0.25) is 0 Å². The van der Waals surface area contributed by atoms with Crippen LogP contribution in [0.4, 0.5) is 0 Å². The molecule has 2 aliphatic heterocycles. The van der Waals surface area contributed by atoms with Crippen LogP contribution in [-0.2, 0) is 0 Å². The van der Waals surface area contributed by atoms with Crippen molar-refractivity contribution < 1.29 is 5.11 Å². The molecule has 1 aromatic carbocycles. The van der Waals surface area contributed by atoms with Crippen molar-refractivity contribution in [3.8, 4) is 11.8 Å². The van der Waals surface area contributed by atoms with Crippen molar-refractivity contribution in [2.45, 2.75) is 63.5 Å². The van der Waals surface area contributed by atoms with Gasteiger partial charge in [0.1, 0.15) is 0 Å². The predicted molar refractivity (Wildman–Crippen MR) is 111 cm³/mol. The van der Waals surface area contributed by atoms with E-state index in [1.165, 1.54) is 44.3 Å². The van der Waals surface area contributed by atoms with E-state index in [4.69, 9.17) is 0 Å².